The van der Waals surface area contributed by atoms with E-state index >= 15 is 0 Å². The highest BCUT2D eigenvalue weighted by atomic mass is 35.5. The summed E-state index contributed by atoms with van der Waals surface area (Å²) < 4.78 is 0. The highest BCUT2D eigenvalue weighted by Gasteiger charge is 2.08. The summed E-state index contributed by atoms with van der Waals surface area (Å²) in [6.07, 6.45) is 1.85. The van der Waals surface area contributed by atoms with Crippen LogP contribution in [0.15, 0.2) is 48.7 Å². The molecule has 3 aromatic rings. The molecule has 1 heterocycles. The lowest BCUT2D eigenvalue weighted by molar-refractivity contribution is 0.346. The SMILES string of the molecule is CCN(C)Cc1cccc(-c2cnc(-c3ccc(Cl)c(Cl)c3)[nH]2)c1. The van der Waals surface area contributed by atoms with Crippen molar-refractivity contribution in [3.8, 4) is 22.6 Å². The second kappa shape index (κ2) is 7.39. The van der Waals surface area contributed by atoms with E-state index in [1.165, 1.54) is 5.56 Å². The van der Waals surface area contributed by atoms with Gasteiger partial charge in [-0.2, -0.15) is 0 Å². The fourth-order valence-corrected chi connectivity index (χ4v) is 2.82. The first-order valence-corrected chi connectivity index (χ1v) is 8.60. The average Bonchev–Trinajstić information content (AvgIpc) is 3.07. The molecule has 0 atom stereocenters. The second-order valence-electron chi connectivity index (χ2n) is 5.81. The Morgan fingerprint density at radius 3 is 2.62 bits per heavy atom. The van der Waals surface area contributed by atoms with Gasteiger partial charge in [-0.15, -0.1) is 0 Å². The Labute approximate surface area is 152 Å². The Bertz CT molecular complexity index is 842. The van der Waals surface area contributed by atoms with Gasteiger partial charge in [0.2, 0.25) is 0 Å². The molecule has 0 bridgehead atoms. The molecule has 0 aliphatic heterocycles. The minimum Gasteiger partial charge on any atom is -0.338 e. The van der Waals surface area contributed by atoms with Crippen LogP contribution in [-0.2, 0) is 6.54 Å². The summed E-state index contributed by atoms with van der Waals surface area (Å²) in [5.41, 5.74) is 4.30. The summed E-state index contributed by atoms with van der Waals surface area (Å²) in [6.45, 7) is 4.11. The van der Waals surface area contributed by atoms with Crippen LogP contribution in [0.2, 0.25) is 10.0 Å². The topological polar surface area (TPSA) is 31.9 Å². The fraction of sp³-hybridized carbons (Fsp3) is 0.211. The smallest absolute Gasteiger partial charge is 0.137 e. The van der Waals surface area contributed by atoms with Crippen LogP contribution in [0, 0.1) is 0 Å². The van der Waals surface area contributed by atoms with Gasteiger partial charge in [0, 0.05) is 12.1 Å². The maximum atomic E-state index is 6.09. The number of H-pyrrole nitrogens is 1. The van der Waals surface area contributed by atoms with Crippen molar-refractivity contribution in [2.45, 2.75) is 13.5 Å². The highest BCUT2D eigenvalue weighted by Crippen LogP contribution is 2.28. The van der Waals surface area contributed by atoms with Gasteiger partial charge in [-0.25, -0.2) is 4.98 Å². The zero-order valence-corrected chi connectivity index (χ0v) is 15.2. The third-order valence-corrected chi connectivity index (χ3v) is 4.74. The first-order valence-electron chi connectivity index (χ1n) is 7.85. The molecule has 0 saturated heterocycles. The van der Waals surface area contributed by atoms with E-state index in [-0.39, 0.29) is 0 Å². The van der Waals surface area contributed by atoms with Crippen LogP contribution in [0.3, 0.4) is 0 Å². The molecular formula is C19H19Cl2N3. The standard InChI is InChI=1S/C19H19Cl2N3/c1-3-24(2)12-13-5-4-6-14(9-13)18-11-22-19(23-18)15-7-8-16(20)17(21)10-15/h4-11H,3,12H2,1-2H3,(H,22,23). The Balaban J connectivity index is 1.87. The van der Waals surface area contributed by atoms with Crippen molar-refractivity contribution >= 4 is 23.2 Å². The van der Waals surface area contributed by atoms with E-state index in [2.05, 4.69) is 53.1 Å². The third-order valence-electron chi connectivity index (χ3n) is 4.00. The van der Waals surface area contributed by atoms with E-state index in [9.17, 15) is 0 Å². The number of hydrogen-bond acceptors (Lipinski definition) is 2. The molecule has 3 rings (SSSR count). The van der Waals surface area contributed by atoms with Gasteiger partial charge < -0.3 is 9.88 Å². The quantitative estimate of drug-likeness (QED) is 0.651. The molecule has 0 unspecified atom stereocenters. The lowest BCUT2D eigenvalue weighted by Crippen LogP contribution is -2.16. The van der Waals surface area contributed by atoms with Crippen molar-refractivity contribution in [3.63, 3.8) is 0 Å². The average molecular weight is 360 g/mol. The fourth-order valence-electron chi connectivity index (χ4n) is 2.52. The molecule has 1 N–H and O–H groups in total. The monoisotopic (exact) mass is 359 g/mol. The van der Waals surface area contributed by atoms with E-state index in [4.69, 9.17) is 23.2 Å². The Hall–Kier alpha value is -1.81. The van der Waals surface area contributed by atoms with Crippen LogP contribution < -0.4 is 0 Å². The molecule has 0 radical (unpaired) electrons. The first-order chi connectivity index (χ1) is 11.6. The van der Waals surface area contributed by atoms with Gasteiger partial charge in [0.05, 0.1) is 21.9 Å². The normalized spacial score (nSPS) is 11.2. The molecule has 124 valence electrons. The summed E-state index contributed by atoms with van der Waals surface area (Å²) in [4.78, 5) is 10.1. The lowest BCUT2D eigenvalue weighted by atomic mass is 10.1. The highest BCUT2D eigenvalue weighted by molar-refractivity contribution is 6.42. The van der Waals surface area contributed by atoms with Crippen molar-refractivity contribution in [2.75, 3.05) is 13.6 Å². The van der Waals surface area contributed by atoms with E-state index in [1.54, 1.807) is 6.07 Å². The second-order valence-corrected chi connectivity index (χ2v) is 6.62. The van der Waals surface area contributed by atoms with E-state index in [0.717, 1.165) is 35.7 Å². The maximum Gasteiger partial charge on any atom is 0.137 e. The van der Waals surface area contributed by atoms with Gasteiger partial charge in [0.15, 0.2) is 0 Å². The predicted molar refractivity (Wildman–Crippen MR) is 101 cm³/mol. The number of halogens is 2. The van der Waals surface area contributed by atoms with E-state index in [0.29, 0.717) is 10.0 Å². The molecule has 3 nitrogen and oxygen atoms in total. The Kier molecular flexibility index (Phi) is 5.24. The molecule has 0 amide bonds. The molecule has 0 aliphatic rings. The molecule has 0 saturated carbocycles. The molecule has 1 aromatic heterocycles. The maximum absolute atomic E-state index is 6.09. The van der Waals surface area contributed by atoms with E-state index < -0.39 is 0 Å². The molecule has 0 fully saturated rings. The van der Waals surface area contributed by atoms with E-state index in [1.807, 2.05) is 18.3 Å². The van der Waals surface area contributed by atoms with Gasteiger partial charge in [0.25, 0.3) is 0 Å². The van der Waals surface area contributed by atoms with Gasteiger partial charge in [-0.05, 0) is 49.0 Å². The number of hydrogen-bond donors (Lipinski definition) is 1. The predicted octanol–water partition coefficient (Wildman–Crippen LogP) is 5.50. The van der Waals surface area contributed by atoms with Crippen LogP contribution in [0.4, 0.5) is 0 Å². The Morgan fingerprint density at radius 1 is 1.04 bits per heavy atom. The van der Waals surface area contributed by atoms with Crippen LogP contribution in [0.5, 0.6) is 0 Å². The lowest BCUT2D eigenvalue weighted by Gasteiger charge is -2.14. The summed E-state index contributed by atoms with van der Waals surface area (Å²) in [5.74, 6) is 0.777. The van der Waals surface area contributed by atoms with Gasteiger partial charge in [-0.1, -0.05) is 48.3 Å². The van der Waals surface area contributed by atoms with Crippen molar-refractivity contribution in [1.29, 1.82) is 0 Å². The number of aromatic amines is 1. The van der Waals surface area contributed by atoms with Crippen LogP contribution >= 0.6 is 23.2 Å². The number of nitrogens with one attached hydrogen (secondary N) is 1. The minimum absolute atomic E-state index is 0.525. The summed E-state index contributed by atoms with van der Waals surface area (Å²) in [5, 5.41) is 1.07. The molecule has 5 heteroatoms. The number of benzene rings is 2. The zero-order chi connectivity index (χ0) is 17.1. The van der Waals surface area contributed by atoms with Crippen LogP contribution in [0.1, 0.15) is 12.5 Å². The largest absolute Gasteiger partial charge is 0.338 e. The van der Waals surface area contributed by atoms with Gasteiger partial charge in [-0.3, -0.25) is 0 Å². The van der Waals surface area contributed by atoms with Gasteiger partial charge in [0.1, 0.15) is 5.82 Å². The minimum atomic E-state index is 0.525. The summed E-state index contributed by atoms with van der Waals surface area (Å²) in [6, 6.07) is 14.0. The van der Waals surface area contributed by atoms with Crippen LogP contribution in [0.25, 0.3) is 22.6 Å². The first kappa shape index (κ1) is 17.0. The Morgan fingerprint density at radius 2 is 1.88 bits per heavy atom. The number of aromatic nitrogens is 2. The van der Waals surface area contributed by atoms with Crippen molar-refractivity contribution in [3.05, 3.63) is 64.3 Å². The van der Waals surface area contributed by atoms with Crippen molar-refractivity contribution < 1.29 is 0 Å². The number of rotatable bonds is 5. The molecule has 24 heavy (non-hydrogen) atoms. The third kappa shape index (κ3) is 3.81. The number of nitrogens with zero attached hydrogens (tertiary/aromatic N) is 2. The van der Waals surface area contributed by atoms with Crippen molar-refractivity contribution in [1.82, 2.24) is 14.9 Å². The summed E-state index contributed by atoms with van der Waals surface area (Å²) >= 11 is 12.1. The van der Waals surface area contributed by atoms with Crippen molar-refractivity contribution in [2.24, 2.45) is 0 Å². The molecule has 0 aliphatic carbocycles. The number of imidazole rings is 1. The zero-order valence-electron chi connectivity index (χ0n) is 13.7. The molecule has 0 spiro atoms. The van der Waals surface area contributed by atoms with Crippen LogP contribution in [-0.4, -0.2) is 28.5 Å². The summed E-state index contributed by atoms with van der Waals surface area (Å²) in [7, 11) is 2.12. The molecular weight excluding hydrogens is 341 g/mol. The van der Waals surface area contributed by atoms with Gasteiger partial charge >= 0.3 is 0 Å². The molecule has 2 aromatic carbocycles.